The van der Waals surface area contributed by atoms with Crippen LogP contribution < -0.4 is 15.5 Å². The lowest BCUT2D eigenvalue weighted by molar-refractivity contribution is -0.132. The fourth-order valence-corrected chi connectivity index (χ4v) is 4.24. The van der Waals surface area contributed by atoms with Crippen LogP contribution in [0.5, 0.6) is 0 Å². The van der Waals surface area contributed by atoms with Gasteiger partial charge in [-0.05, 0) is 24.3 Å². The molecule has 1 aromatic carbocycles. The molecule has 8 nitrogen and oxygen atoms in total. The number of ether oxygens (including phenoxy) is 1. The van der Waals surface area contributed by atoms with Crippen molar-refractivity contribution in [3.63, 3.8) is 0 Å². The van der Waals surface area contributed by atoms with E-state index in [0.29, 0.717) is 17.9 Å². The summed E-state index contributed by atoms with van der Waals surface area (Å²) in [6.07, 6.45) is 3.32. The van der Waals surface area contributed by atoms with Crippen molar-refractivity contribution in [1.82, 2.24) is 5.32 Å². The van der Waals surface area contributed by atoms with Crippen LogP contribution in [-0.4, -0.2) is 54.2 Å². The SMILES string of the molecule is CC(=O)Nc1ccc(N2C[C@@]34C=C[C@@H](O3)[C@@H](C(=O)NCCO)[C@H]4C2=O)cc1. The van der Waals surface area contributed by atoms with E-state index in [1.165, 1.54) is 6.92 Å². The van der Waals surface area contributed by atoms with Crippen molar-refractivity contribution in [1.29, 1.82) is 0 Å². The molecule has 1 aromatic rings. The van der Waals surface area contributed by atoms with E-state index < -0.39 is 23.5 Å². The quantitative estimate of drug-likeness (QED) is 0.634. The molecule has 3 aliphatic heterocycles. The van der Waals surface area contributed by atoms with Crippen LogP contribution in [0, 0.1) is 11.8 Å². The highest BCUT2D eigenvalue weighted by Crippen LogP contribution is 2.52. The van der Waals surface area contributed by atoms with Crippen molar-refractivity contribution in [3.8, 4) is 0 Å². The summed E-state index contributed by atoms with van der Waals surface area (Å²) in [4.78, 5) is 38.4. The van der Waals surface area contributed by atoms with Crippen LogP contribution in [0.2, 0.25) is 0 Å². The van der Waals surface area contributed by atoms with Gasteiger partial charge >= 0.3 is 0 Å². The van der Waals surface area contributed by atoms with E-state index in [2.05, 4.69) is 10.6 Å². The maximum atomic E-state index is 13.1. The fraction of sp³-hybridized carbons (Fsp3) is 0.421. The first-order valence-corrected chi connectivity index (χ1v) is 8.90. The molecule has 3 aliphatic rings. The van der Waals surface area contributed by atoms with Gasteiger partial charge in [-0.1, -0.05) is 12.2 Å². The molecule has 0 unspecified atom stereocenters. The Morgan fingerprint density at radius 2 is 2.07 bits per heavy atom. The molecule has 3 amide bonds. The molecule has 1 spiro atoms. The Morgan fingerprint density at radius 3 is 2.74 bits per heavy atom. The number of carbonyl (C=O) groups excluding carboxylic acids is 3. The minimum absolute atomic E-state index is 0.147. The third-order valence-corrected chi connectivity index (χ3v) is 5.31. The number of carbonyl (C=O) groups is 3. The van der Waals surface area contributed by atoms with E-state index in [4.69, 9.17) is 9.84 Å². The second kappa shape index (κ2) is 6.47. The second-order valence-corrected chi connectivity index (χ2v) is 7.07. The molecule has 8 heteroatoms. The third-order valence-electron chi connectivity index (χ3n) is 5.31. The molecule has 4 atom stereocenters. The summed E-state index contributed by atoms with van der Waals surface area (Å²) >= 11 is 0. The van der Waals surface area contributed by atoms with Crippen LogP contribution in [0.15, 0.2) is 36.4 Å². The first kappa shape index (κ1) is 17.7. The summed E-state index contributed by atoms with van der Waals surface area (Å²) < 4.78 is 6.04. The molecule has 3 N–H and O–H groups in total. The molecule has 27 heavy (non-hydrogen) atoms. The summed E-state index contributed by atoms with van der Waals surface area (Å²) in [5.74, 6) is -1.78. The summed E-state index contributed by atoms with van der Waals surface area (Å²) in [5.41, 5.74) is 0.543. The topological polar surface area (TPSA) is 108 Å². The summed E-state index contributed by atoms with van der Waals surface area (Å²) in [7, 11) is 0. The smallest absolute Gasteiger partial charge is 0.234 e. The highest BCUT2D eigenvalue weighted by molar-refractivity contribution is 6.03. The molecule has 2 fully saturated rings. The summed E-state index contributed by atoms with van der Waals surface area (Å²) in [6.45, 7) is 1.76. The first-order chi connectivity index (χ1) is 12.9. The van der Waals surface area contributed by atoms with Crippen molar-refractivity contribution in [3.05, 3.63) is 36.4 Å². The zero-order chi connectivity index (χ0) is 19.2. The predicted molar refractivity (Wildman–Crippen MR) is 96.9 cm³/mol. The Morgan fingerprint density at radius 1 is 1.33 bits per heavy atom. The van der Waals surface area contributed by atoms with Gasteiger partial charge in [0.05, 0.1) is 31.1 Å². The maximum absolute atomic E-state index is 13.1. The molecule has 0 aliphatic carbocycles. The lowest BCUT2D eigenvalue weighted by atomic mass is 9.77. The number of anilines is 2. The lowest BCUT2D eigenvalue weighted by Crippen LogP contribution is -2.44. The minimum atomic E-state index is -0.792. The van der Waals surface area contributed by atoms with E-state index in [1.54, 1.807) is 29.2 Å². The molecule has 2 saturated heterocycles. The van der Waals surface area contributed by atoms with E-state index in [1.807, 2.05) is 12.2 Å². The van der Waals surface area contributed by atoms with Crippen LogP contribution in [0.4, 0.5) is 11.4 Å². The van der Waals surface area contributed by atoms with Gasteiger partial charge in [-0.3, -0.25) is 14.4 Å². The van der Waals surface area contributed by atoms with Gasteiger partial charge in [0, 0.05) is 24.8 Å². The van der Waals surface area contributed by atoms with Gasteiger partial charge in [0.15, 0.2) is 0 Å². The lowest BCUT2D eigenvalue weighted by Gasteiger charge is -2.23. The van der Waals surface area contributed by atoms with Crippen LogP contribution in [0.25, 0.3) is 0 Å². The monoisotopic (exact) mass is 371 g/mol. The Bertz CT molecular complexity index is 821. The highest BCUT2D eigenvalue weighted by atomic mass is 16.5. The number of hydrogen-bond acceptors (Lipinski definition) is 5. The van der Waals surface area contributed by atoms with Crippen molar-refractivity contribution in [2.45, 2.75) is 18.6 Å². The molecule has 2 bridgehead atoms. The number of nitrogens with one attached hydrogen (secondary N) is 2. The summed E-state index contributed by atoms with van der Waals surface area (Å²) in [6, 6.07) is 6.99. The Labute approximate surface area is 156 Å². The number of hydrogen-bond donors (Lipinski definition) is 3. The third kappa shape index (κ3) is 2.81. The normalized spacial score (nSPS) is 30.5. The van der Waals surface area contributed by atoms with Crippen LogP contribution in [-0.2, 0) is 19.1 Å². The molecule has 0 saturated carbocycles. The second-order valence-electron chi connectivity index (χ2n) is 7.07. The van der Waals surface area contributed by atoms with Gasteiger partial charge in [-0.25, -0.2) is 0 Å². The van der Waals surface area contributed by atoms with E-state index in [9.17, 15) is 14.4 Å². The van der Waals surface area contributed by atoms with Gasteiger partial charge in [0.2, 0.25) is 17.7 Å². The highest BCUT2D eigenvalue weighted by Gasteiger charge is 2.66. The van der Waals surface area contributed by atoms with Crippen molar-refractivity contribution in [2.24, 2.45) is 11.8 Å². The van der Waals surface area contributed by atoms with E-state index in [0.717, 1.165) is 0 Å². The Balaban J connectivity index is 1.57. The van der Waals surface area contributed by atoms with Gasteiger partial charge in [0.1, 0.15) is 5.60 Å². The zero-order valence-corrected chi connectivity index (χ0v) is 14.8. The minimum Gasteiger partial charge on any atom is -0.395 e. The largest absolute Gasteiger partial charge is 0.395 e. The molecule has 142 valence electrons. The number of rotatable bonds is 5. The number of fused-ring (bicyclic) bond motifs is 1. The van der Waals surface area contributed by atoms with Gasteiger partial charge in [-0.15, -0.1) is 0 Å². The molecule has 3 heterocycles. The number of amides is 3. The Hall–Kier alpha value is -2.71. The predicted octanol–water partition coefficient (Wildman–Crippen LogP) is 0.0399. The summed E-state index contributed by atoms with van der Waals surface area (Å²) in [5, 5.41) is 14.3. The number of nitrogens with zero attached hydrogens (tertiary/aromatic N) is 1. The maximum Gasteiger partial charge on any atom is 0.234 e. The average Bonchev–Trinajstić information content (AvgIpc) is 3.28. The van der Waals surface area contributed by atoms with Crippen LogP contribution in [0.1, 0.15) is 6.92 Å². The van der Waals surface area contributed by atoms with E-state index in [-0.39, 0.29) is 30.9 Å². The van der Waals surface area contributed by atoms with Gasteiger partial charge in [-0.2, -0.15) is 0 Å². The van der Waals surface area contributed by atoms with Crippen LogP contribution in [0.3, 0.4) is 0 Å². The van der Waals surface area contributed by atoms with Crippen molar-refractivity contribution < 1.29 is 24.2 Å². The molecule has 0 aromatic heterocycles. The standard InChI is InChI=1S/C19H21N3O5/c1-11(24)21-12-2-4-13(5-3-12)22-10-19-7-6-14(27-19)15(16(19)18(22)26)17(25)20-8-9-23/h2-7,14-16,23H,8-10H2,1H3,(H,20,25)(H,21,24)/t14-,15-,16+,19-/m1/s1. The average molecular weight is 371 g/mol. The van der Waals surface area contributed by atoms with Crippen LogP contribution >= 0.6 is 0 Å². The molecular weight excluding hydrogens is 350 g/mol. The van der Waals surface area contributed by atoms with Crippen molar-refractivity contribution in [2.75, 3.05) is 29.9 Å². The number of aliphatic hydroxyl groups is 1. The van der Waals surface area contributed by atoms with E-state index >= 15 is 0 Å². The Kier molecular flexibility index (Phi) is 4.24. The molecule has 0 radical (unpaired) electrons. The first-order valence-electron chi connectivity index (χ1n) is 8.90. The van der Waals surface area contributed by atoms with Crippen molar-refractivity contribution >= 4 is 29.1 Å². The van der Waals surface area contributed by atoms with Gasteiger partial charge in [0.25, 0.3) is 0 Å². The number of aliphatic hydroxyl groups excluding tert-OH is 1. The number of benzene rings is 1. The molecular formula is C19H21N3O5. The van der Waals surface area contributed by atoms with Gasteiger partial charge < -0.3 is 25.4 Å². The zero-order valence-electron chi connectivity index (χ0n) is 14.8. The molecule has 4 rings (SSSR count). The fourth-order valence-electron chi connectivity index (χ4n) is 4.24.